The van der Waals surface area contributed by atoms with Gasteiger partial charge in [-0.3, -0.25) is 0 Å². The van der Waals surface area contributed by atoms with Crippen molar-refractivity contribution in [1.82, 2.24) is 9.97 Å². The smallest absolute Gasteiger partial charge is 0.337 e. The minimum atomic E-state index is -0.676. The van der Waals surface area contributed by atoms with E-state index < -0.39 is 11.9 Å². The number of H-pyrrole nitrogens is 2. The van der Waals surface area contributed by atoms with E-state index in [9.17, 15) is 9.59 Å². The average molecular weight is 346 g/mol. The van der Waals surface area contributed by atoms with E-state index >= 15 is 0 Å². The molecule has 2 aromatic heterocycles. The van der Waals surface area contributed by atoms with Crippen LogP contribution in [0.15, 0.2) is 72.8 Å². The first-order valence-electron chi connectivity index (χ1n) is 7.94. The lowest BCUT2D eigenvalue weighted by molar-refractivity contribution is -0.131. The molecule has 0 aliphatic heterocycles. The summed E-state index contributed by atoms with van der Waals surface area (Å²) in [6.45, 7) is 0. The van der Waals surface area contributed by atoms with Crippen molar-refractivity contribution in [2.24, 2.45) is 0 Å². The molecule has 6 heteroatoms. The number of aromatic nitrogens is 2. The van der Waals surface area contributed by atoms with Crippen LogP contribution in [0.1, 0.15) is 0 Å². The Kier molecular flexibility index (Phi) is 3.99. The van der Waals surface area contributed by atoms with Gasteiger partial charge in [-0.2, -0.15) is 0 Å². The number of aromatic amines is 2. The van der Waals surface area contributed by atoms with Crippen LogP contribution < -0.4 is 9.47 Å². The maximum Gasteiger partial charge on any atom is 0.337 e. The van der Waals surface area contributed by atoms with E-state index in [0.717, 1.165) is 34.0 Å². The van der Waals surface area contributed by atoms with Crippen molar-refractivity contribution in [3.8, 4) is 11.8 Å². The van der Waals surface area contributed by atoms with Gasteiger partial charge in [-0.1, -0.05) is 36.4 Å². The molecule has 0 atom stereocenters. The summed E-state index contributed by atoms with van der Waals surface area (Å²) in [5, 5.41) is 1.86. The second kappa shape index (κ2) is 6.60. The lowest BCUT2D eigenvalue weighted by Gasteiger charge is -1.97. The predicted molar refractivity (Wildman–Crippen MR) is 97.0 cm³/mol. The summed E-state index contributed by atoms with van der Waals surface area (Å²) in [5.74, 6) is -0.732. The van der Waals surface area contributed by atoms with Crippen molar-refractivity contribution in [2.45, 2.75) is 0 Å². The Morgan fingerprint density at radius 1 is 0.692 bits per heavy atom. The molecule has 0 aliphatic rings. The number of esters is 2. The number of fused-ring (bicyclic) bond motifs is 2. The SMILES string of the molecule is O=C(/C=C\C(=O)Oc1cc2ccccc2[nH]1)Oc1cc2ccccc2[nH]1. The Labute approximate surface area is 148 Å². The zero-order valence-electron chi connectivity index (χ0n) is 13.6. The van der Waals surface area contributed by atoms with Crippen molar-refractivity contribution in [1.29, 1.82) is 0 Å². The minimum absolute atomic E-state index is 0.310. The number of benzene rings is 2. The quantitative estimate of drug-likeness (QED) is 0.436. The topological polar surface area (TPSA) is 84.2 Å². The van der Waals surface area contributed by atoms with Gasteiger partial charge in [0.15, 0.2) is 0 Å². The molecule has 0 radical (unpaired) electrons. The summed E-state index contributed by atoms with van der Waals surface area (Å²) < 4.78 is 10.3. The van der Waals surface area contributed by atoms with E-state index in [2.05, 4.69) is 9.97 Å². The van der Waals surface area contributed by atoms with Crippen LogP contribution in [-0.2, 0) is 9.59 Å². The fourth-order valence-electron chi connectivity index (χ4n) is 2.62. The molecule has 0 spiro atoms. The van der Waals surface area contributed by atoms with Crippen LogP contribution in [-0.4, -0.2) is 21.9 Å². The number of carbonyl (C=O) groups excluding carboxylic acids is 2. The molecule has 4 rings (SSSR count). The highest BCUT2D eigenvalue weighted by atomic mass is 16.5. The summed E-state index contributed by atoms with van der Waals surface area (Å²) in [6.07, 6.45) is 2.05. The first-order chi connectivity index (χ1) is 12.7. The normalized spacial score (nSPS) is 11.2. The molecule has 2 aromatic carbocycles. The largest absolute Gasteiger partial charge is 0.406 e. The highest BCUT2D eigenvalue weighted by Crippen LogP contribution is 2.21. The molecular formula is C20H14N2O4. The van der Waals surface area contributed by atoms with Gasteiger partial charge in [-0.05, 0) is 12.1 Å². The Balaban J connectivity index is 1.38. The zero-order valence-corrected chi connectivity index (χ0v) is 13.6. The van der Waals surface area contributed by atoms with Gasteiger partial charge in [-0.25, -0.2) is 9.59 Å². The minimum Gasteiger partial charge on any atom is -0.406 e. The average Bonchev–Trinajstić information content (AvgIpc) is 3.22. The highest BCUT2D eigenvalue weighted by molar-refractivity contribution is 5.94. The first kappa shape index (κ1) is 15.7. The number of para-hydroxylation sites is 2. The van der Waals surface area contributed by atoms with Gasteiger partial charge in [0.25, 0.3) is 0 Å². The van der Waals surface area contributed by atoms with Crippen molar-refractivity contribution in [3.05, 3.63) is 72.8 Å². The molecule has 128 valence electrons. The molecule has 4 aromatic rings. The molecule has 0 unspecified atom stereocenters. The number of hydrogen-bond acceptors (Lipinski definition) is 4. The molecule has 0 saturated carbocycles. The molecule has 6 nitrogen and oxygen atoms in total. The van der Waals surface area contributed by atoms with E-state index in [0.29, 0.717) is 11.8 Å². The maximum atomic E-state index is 11.8. The van der Waals surface area contributed by atoms with E-state index in [1.54, 1.807) is 12.1 Å². The van der Waals surface area contributed by atoms with Crippen LogP contribution in [0.25, 0.3) is 21.8 Å². The van der Waals surface area contributed by atoms with Crippen LogP contribution in [0.4, 0.5) is 0 Å². The Bertz CT molecular complexity index is 981. The van der Waals surface area contributed by atoms with E-state index in [-0.39, 0.29) is 0 Å². The van der Waals surface area contributed by atoms with Gasteiger partial charge in [0.1, 0.15) is 0 Å². The van der Waals surface area contributed by atoms with E-state index in [1.807, 2.05) is 48.5 Å². The third-order valence-corrected chi connectivity index (χ3v) is 3.79. The molecule has 0 bridgehead atoms. The predicted octanol–water partition coefficient (Wildman–Crippen LogP) is 3.72. The number of rotatable bonds is 4. The molecule has 0 fully saturated rings. The number of hydrogen-bond donors (Lipinski definition) is 2. The van der Waals surface area contributed by atoms with Gasteiger partial charge in [0.2, 0.25) is 11.8 Å². The number of nitrogens with one attached hydrogen (secondary N) is 2. The summed E-state index contributed by atoms with van der Waals surface area (Å²) in [4.78, 5) is 29.6. The van der Waals surface area contributed by atoms with E-state index in [1.165, 1.54) is 0 Å². The lowest BCUT2D eigenvalue weighted by Crippen LogP contribution is -2.08. The fraction of sp³-hybridized carbons (Fsp3) is 0. The first-order valence-corrected chi connectivity index (χ1v) is 7.94. The lowest BCUT2D eigenvalue weighted by atomic mass is 10.3. The van der Waals surface area contributed by atoms with Gasteiger partial charge in [-0.15, -0.1) is 0 Å². The zero-order chi connectivity index (χ0) is 17.9. The Morgan fingerprint density at radius 2 is 1.12 bits per heavy atom. The molecular weight excluding hydrogens is 332 g/mol. The Hall–Kier alpha value is -3.80. The maximum absolute atomic E-state index is 11.8. The van der Waals surface area contributed by atoms with Crippen LogP contribution in [0.3, 0.4) is 0 Å². The van der Waals surface area contributed by atoms with Crippen LogP contribution in [0.2, 0.25) is 0 Å². The van der Waals surface area contributed by atoms with Gasteiger partial charge < -0.3 is 19.4 Å². The third-order valence-electron chi connectivity index (χ3n) is 3.79. The van der Waals surface area contributed by atoms with Gasteiger partial charge >= 0.3 is 11.9 Å². The van der Waals surface area contributed by atoms with Crippen LogP contribution in [0.5, 0.6) is 11.8 Å². The molecule has 26 heavy (non-hydrogen) atoms. The number of carbonyl (C=O) groups is 2. The molecule has 0 amide bonds. The second-order valence-electron chi connectivity index (χ2n) is 5.62. The number of ether oxygens (including phenoxy) is 2. The van der Waals surface area contributed by atoms with E-state index in [4.69, 9.17) is 9.47 Å². The standard InChI is InChI=1S/C20H14N2O4/c23-19(25-17-11-13-5-1-3-7-15(13)21-17)9-10-20(24)26-18-12-14-6-2-4-8-16(14)22-18/h1-12,21-22H/b10-9-. The summed E-state index contributed by atoms with van der Waals surface area (Å²) in [7, 11) is 0. The molecule has 0 aliphatic carbocycles. The molecule has 0 saturated heterocycles. The summed E-state index contributed by atoms with van der Waals surface area (Å²) in [6, 6.07) is 18.5. The van der Waals surface area contributed by atoms with Crippen molar-refractivity contribution < 1.29 is 19.1 Å². The summed E-state index contributed by atoms with van der Waals surface area (Å²) >= 11 is 0. The van der Waals surface area contributed by atoms with Crippen LogP contribution in [0, 0.1) is 0 Å². The fourth-order valence-corrected chi connectivity index (χ4v) is 2.62. The monoisotopic (exact) mass is 346 g/mol. The molecule has 2 heterocycles. The van der Waals surface area contributed by atoms with Crippen molar-refractivity contribution in [3.63, 3.8) is 0 Å². The highest BCUT2D eigenvalue weighted by Gasteiger charge is 2.08. The third kappa shape index (κ3) is 3.34. The van der Waals surface area contributed by atoms with Crippen molar-refractivity contribution >= 4 is 33.7 Å². The van der Waals surface area contributed by atoms with Crippen LogP contribution >= 0.6 is 0 Å². The molecule has 2 N–H and O–H groups in total. The van der Waals surface area contributed by atoms with Gasteiger partial charge in [0.05, 0.1) is 0 Å². The summed E-state index contributed by atoms with van der Waals surface area (Å²) in [5.41, 5.74) is 1.72. The van der Waals surface area contributed by atoms with Crippen molar-refractivity contribution in [2.75, 3.05) is 0 Å². The second-order valence-corrected chi connectivity index (χ2v) is 5.62. The van der Waals surface area contributed by atoms with Gasteiger partial charge in [0, 0.05) is 46.1 Å². The Morgan fingerprint density at radius 3 is 1.54 bits per heavy atom.